The van der Waals surface area contributed by atoms with Crippen molar-refractivity contribution in [3.63, 3.8) is 0 Å². The van der Waals surface area contributed by atoms with Crippen molar-refractivity contribution in [2.45, 2.75) is 30.4 Å². The van der Waals surface area contributed by atoms with Crippen LogP contribution in [0.25, 0.3) is 0 Å². The minimum absolute atomic E-state index is 0.0155. The maximum atomic E-state index is 12.2. The minimum Gasteiger partial charge on any atom is -0.347 e. The number of fused-ring (bicyclic) bond motifs is 1. The van der Waals surface area contributed by atoms with Crippen LogP contribution >= 0.6 is 11.8 Å². The van der Waals surface area contributed by atoms with E-state index in [4.69, 9.17) is 0 Å². The molecular formula is C20H21N3O3S. The van der Waals surface area contributed by atoms with E-state index in [0.29, 0.717) is 0 Å². The fourth-order valence-electron chi connectivity index (χ4n) is 2.73. The molecule has 1 aliphatic rings. The van der Waals surface area contributed by atoms with Crippen LogP contribution in [-0.2, 0) is 14.4 Å². The lowest BCUT2D eigenvalue weighted by molar-refractivity contribution is -0.125. The van der Waals surface area contributed by atoms with Gasteiger partial charge in [0.05, 0.1) is 17.5 Å². The number of rotatable bonds is 5. The Bertz CT molecular complexity index is 898. The first kappa shape index (κ1) is 19.0. The molecule has 0 aliphatic carbocycles. The minimum atomic E-state index is -0.512. The number of carbonyl (C=O) groups is 3. The molecule has 3 N–H and O–H groups in total. The zero-order valence-electron chi connectivity index (χ0n) is 15.2. The van der Waals surface area contributed by atoms with Gasteiger partial charge in [0, 0.05) is 17.0 Å². The Balaban J connectivity index is 1.50. The van der Waals surface area contributed by atoms with E-state index in [1.807, 2.05) is 56.3 Å². The van der Waals surface area contributed by atoms with Gasteiger partial charge in [0.25, 0.3) is 0 Å². The molecule has 7 heteroatoms. The second kappa shape index (κ2) is 8.26. The molecule has 0 saturated carbocycles. The monoisotopic (exact) mass is 383 g/mol. The molecule has 0 saturated heterocycles. The summed E-state index contributed by atoms with van der Waals surface area (Å²) in [7, 11) is 0. The number of benzene rings is 2. The lowest BCUT2D eigenvalue weighted by Crippen LogP contribution is -2.37. The fraction of sp³-hybridized carbons (Fsp3) is 0.250. The SMILES string of the molecule is Cc1cccc(NC(=O)CNC(=O)C[C@H]2Sc3ccccc3NC2=O)c1C. The molecule has 0 aromatic heterocycles. The highest BCUT2D eigenvalue weighted by Crippen LogP contribution is 2.36. The van der Waals surface area contributed by atoms with E-state index in [0.717, 1.165) is 27.4 Å². The smallest absolute Gasteiger partial charge is 0.243 e. The van der Waals surface area contributed by atoms with E-state index in [2.05, 4.69) is 16.0 Å². The van der Waals surface area contributed by atoms with Gasteiger partial charge in [0.1, 0.15) is 0 Å². The maximum absolute atomic E-state index is 12.2. The second-order valence-corrected chi connectivity index (χ2v) is 7.61. The zero-order valence-corrected chi connectivity index (χ0v) is 16.0. The molecule has 1 atom stereocenters. The predicted molar refractivity (Wildman–Crippen MR) is 107 cm³/mol. The summed E-state index contributed by atoms with van der Waals surface area (Å²) in [5, 5.41) is 7.67. The molecular weight excluding hydrogens is 362 g/mol. The van der Waals surface area contributed by atoms with Gasteiger partial charge in [-0.1, -0.05) is 24.3 Å². The molecule has 6 nitrogen and oxygen atoms in total. The molecule has 1 heterocycles. The summed E-state index contributed by atoms with van der Waals surface area (Å²) in [5.41, 5.74) is 3.56. The molecule has 0 radical (unpaired) electrons. The summed E-state index contributed by atoms with van der Waals surface area (Å²) in [6.07, 6.45) is 0.0155. The van der Waals surface area contributed by atoms with Gasteiger partial charge < -0.3 is 16.0 Å². The average Bonchev–Trinajstić information content (AvgIpc) is 2.64. The van der Waals surface area contributed by atoms with Gasteiger partial charge in [-0.25, -0.2) is 0 Å². The molecule has 27 heavy (non-hydrogen) atoms. The molecule has 3 amide bonds. The van der Waals surface area contributed by atoms with Gasteiger partial charge in [-0.3, -0.25) is 14.4 Å². The van der Waals surface area contributed by atoms with Crippen LogP contribution < -0.4 is 16.0 Å². The third-order valence-electron chi connectivity index (χ3n) is 4.40. The summed E-state index contributed by atoms with van der Waals surface area (Å²) in [4.78, 5) is 37.3. The van der Waals surface area contributed by atoms with Crippen molar-refractivity contribution in [3.05, 3.63) is 53.6 Å². The molecule has 140 valence electrons. The highest BCUT2D eigenvalue weighted by Gasteiger charge is 2.28. The van der Waals surface area contributed by atoms with Crippen LogP contribution in [-0.4, -0.2) is 29.5 Å². The van der Waals surface area contributed by atoms with Crippen LogP contribution in [0.3, 0.4) is 0 Å². The van der Waals surface area contributed by atoms with Crippen molar-refractivity contribution in [1.82, 2.24) is 5.32 Å². The lowest BCUT2D eigenvalue weighted by atomic mass is 10.1. The van der Waals surface area contributed by atoms with E-state index in [9.17, 15) is 14.4 Å². The fourth-order valence-corrected chi connectivity index (χ4v) is 3.84. The number of hydrogen-bond acceptors (Lipinski definition) is 4. The van der Waals surface area contributed by atoms with E-state index in [1.54, 1.807) is 0 Å². The van der Waals surface area contributed by atoms with Gasteiger partial charge in [-0.2, -0.15) is 0 Å². The van der Waals surface area contributed by atoms with Gasteiger partial charge in [-0.15, -0.1) is 11.8 Å². The summed E-state index contributed by atoms with van der Waals surface area (Å²) in [5.74, 6) is -0.838. The first-order chi connectivity index (χ1) is 12.9. The Hall–Kier alpha value is -2.80. The van der Waals surface area contributed by atoms with Crippen molar-refractivity contribution in [1.29, 1.82) is 0 Å². The highest BCUT2D eigenvalue weighted by molar-refractivity contribution is 8.01. The van der Waals surface area contributed by atoms with Crippen molar-refractivity contribution < 1.29 is 14.4 Å². The largest absolute Gasteiger partial charge is 0.347 e. The highest BCUT2D eigenvalue weighted by atomic mass is 32.2. The molecule has 0 fully saturated rings. The van der Waals surface area contributed by atoms with E-state index < -0.39 is 5.25 Å². The van der Waals surface area contributed by atoms with Crippen LogP contribution in [0, 0.1) is 13.8 Å². The molecule has 0 bridgehead atoms. The topological polar surface area (TPSA) is 87.3 Å². The number of aryl methyl sites for hydroxylation is 1. The van der Waals surface area contributed by atoms with Gasteiger partial charge in [0.2, 0.25) is 17.7 Å². The van der Waals surface area contributed by atoms with Crippen molar-refractivity contribution in [3.8, 4) is 0 Å². The zero-order chi connectivity index (χ0) is 19.4. The van der Waals surface area contributed by atoms with Gasteiger partial charge in [0.15, 0.2) is 0 Å². The van der Waals surface area contributed by atoms with Crippen molar-refractivity contribution in [2.24, 2.45) is 0 Å². The van der Waals surface area contributed by atoms with E-state index in [1.165, 1.54) is 11.8 Å². The number of thioether (sulfide) groups is 1. The number of anilines is 2. The number of para-hydroxylation sites is 1. The van der Waals surface area contributed by atoms with Crippen molar-refractivity contribution >= 4 is 40.9 Å². The molecule has 1 aliphatic heterocycles. The number of carbonyl (C=O) groups excluding carboxylic acids is 3. The molecule has 2 aromatic rings. The van der Waals surface area contributed by atoms with Crippen LogP contribution in [0.1, 0.15) is 17.5 Å². The molecule has 2 aromatic carbocycles. The molecule has 0 spiro atoms. The van der Waals surface area contributed by atoms with Crippen LogP contribution in [0.2, 0.25) is 0 Å². The van der Waals surface area contributed by atoms with Crippen LogP contribution in [0.15, 0.2) is 47.4 Å². The normalized spacial score (nSPS) is 15.5. The van der Waals surface area contributed by atoms with Crippen LogP contribution in [0.4, 0.5) is 11.4 Å². The predicted octanol–water partition coefficient (Wildman–Crippen LogP) is 2.86. The quantitative estimate of drug-likeness (QED) is 0.741. The first-order valence-corrected chi connectivity index (χ1v) is 9.51. The Morgan fingerprint density at radius 3 is 2.67 bits per heavy atom. The van der Waals surface area contributed by atoms with Crippen molar-refractivity contribution in [2.75, 3.05) is 17.2 Å². The second-order valence-electron chi connectivity index (χ2n) is 6.37. The molecule has 3 rings (SSSR count). The number of nitrogens with one attached hydrogen (secondary N) is 3. The van der Waals surface area contributed by atoms with E-state index in [-0.39, 0.29) is 30.7 Å². The first-order valence-electron chi connectivity index (χ1n) is 8.63. The summed E-state index contributed by atoms with van der Waals surface area (Å²) in [6.45, 7) is 3.76. The van der Waals surface area contributed by atoms with Crippen LogP contribution in [0.5, 0.6) is 0 Å². The molecule has 0 unspecified atom stereocenters. The van der Waals surface area contributed by atoms with E-state index >= 15 is 0 Å². The van der Waals surface area contributed by atoms with Gasteiger partial charge >= 0.3 is 0 Å². The van der Waals surface area contributed by atoms with Gasteiger partial charge in [-0.05, 0) is 43.2 Å². The Morgan fingerprint density at radius 2 is 1.85 bits per heavy atom. The number of hydrogen-bond donors (Lipinski definition) is 3. The average molecular weight is 383 g/mol. The lowest BCUT2D eigenvalue weighted by Gasteiger charge is -2.23. The summed E-state index contributed by atoms with van der Waals surface area (Å²) >= 11 is 1.36. The standard InChI is InChI=1S/C20H21N3O3S/c1-12-6-5-8-14(13(12)2)22-19(25)11-21-18(24)10-17-20(26)23-15-7-3-4-9-16(15)27-17/h3-9,17H,10-11H2,1-2H3,(H,21,24)(H,22,25)(H,23,26)/t17-/m1/s1. The third kappa shape index (κ3) is 4.68. The summed E-state index contributed by atoms with van der Waals surface area (Å²) in [6, 6.07) is 13.1. The maximum Gasteiger partial charge on any atom is 0.243 e. The Kier molecular flexibility index (Phi) is 5.81. The Labute approximate surface area is 162 Å². The number of amides is 3. The third-order valence-corrected chi connectivity index (χ3v) is 5.68. The summed E-state index contributed by atoms with van der Waals surface area (Å²) < 4.78 is 0. The Morgan fingerprint density at radius 1 is 1.07 bits per heavy atom.